The number of rotatable bonds is 5. The number of halogens is 1. The van der Waals surface area contributed by atoms with Gasteiger partial charge in [0, 0.05) is 24.6 Å². The van der Waals surface area contributed by atoms with Crippen molar-refractivity contribution in [3.63, 3.8) is 0 Å². The smallest absolute Gasteiger partial charge is 0.310 e. The van der Waals surface area contributed by atoms with E-state index in [1.54, 1.807) is 12.1 Å². The molecule has 0 aliphatic rings. The summed E-state index contributed by atoms with van der Waals surface area (Å²) < 4.78 is 14.5. The highest BCUT2D eigenvalue weighted by Gasteiger charge is 2.12. The minimum atomic E-state index is -0.831. The third kappa shape index (κ3) is 3.87. The van der Waals surface area contributed by atoms with Gasteiger partial charge in [-0.2, -0.15) is 9.37 Å². The Bertz CT molecular complexity index is 1130. The largest absolute Gasteiger partial charge is 0.316 e. The van der Waals surface area contributed by atoms with Crippen LogP contribution in [0.1, 0.15) is 11.3 Å². The van der Waals surface area contributed by atoms with Crippen molar-refractivity contribution in [3.8, 4) is 0 Å². The number of nitro groups is 1. The molecular formula is C18H12FN5O2S. The van der Waals surface area contributed by atoms with Gasteiger partial charge in [0.2, 0.25) is 0 Å². The van der Waals surface area contributed by atoms with Gasteiger partial charge in [-0.3, -0.25) is 10.1 Å². The molecule has 7 nitrogen and oxygen atoms in total. The average Bonchev–Trinajstić information content (AvgIpc) is 3.03. The maximum atomic E-state index is 13.8. The van der Waals surface area contributed by atoms with E-state index in [1.165, 1.54) is 23.5 Å². The Labute approximate surface area is 156 Å². The van der Waals surface area contributed by atoms with Crippen molar-refractivity contribution in [2.24, 2.45) is 0 Å². The van der Waals surface area contributed by atoms with Crippen molar-refractivity contribution in [3.05, 3.63) is 82.0 Å². The first-order valence-corrected chi connectivity index (χ1v) is 8.78. The zero-order valence-corrected chi connectivity index (χ0v) is 14.6. The third-order valence-electron chi connectivity index (χ3n) is 3.80. The first-order valence-electron chi connectivity index (χ1n) is 7.96. The molecule has 0 amide bonds. The second-order valence-electron chi connectivity index (χ2n) is 5.73. The van der Waals surface area contributed by atoms with E-state index in [4.69, 9.17) is 0 Å². The van der Waals surface area contributed by atoms with E-state index in [0.29, 0.717) is 27.5 Å². The second kappa shape index (κ2) is 7.04. The maximum Gasteiger partial charge on any atom is 0.310 e. The van der Waals surface area contributed by atoms with E-state index in [9.17, 15) is 14.5 Å². The summed E-state index contributed by atoms with van der Waals surface area (Å²) in [6.45, 7) is 0. The number of nitro benzene ring substituents is 1. The lowest BCUT2D eigenvalue weighted by Crippen LogP contribution is -2.02. The van der Waals surface area contributed by atoms with E-state index < -0.39 is 11.0 Å². The van der Waals surface area contributed by atoms with Crippen LogP contribution in [0.25, 0.3) is 10.2 Å². The van der Waals surface area contributed by atoms with Crippen LogP contribution in [0.3, 0.4) is 0 Å². The first-order chi connectivity index (χ1) is 13.1. The molecule has 0 radical (unpaired) electrons. The van der Waals surface area contributed by atoms with Gasteiger partial charge in [0.15, 0.2) is 5.13 Å². The monoisotopic (exact) mass is 381 g/mol. The van der Waals surface area contributed by atoms with E-state index in [2.05, 4.69) is 20.3 Å². The standard InChI is InChI=1S/C18H12FN5O2S/c19-17-20-12(8-11-4-2-1-3-5-11)9-16(22-17)23-18-21-14-7-6-13(24(25)26)10-15(14)27-18/h1-7,9-10H,8H2,(H,20,21,22,23). The fourth-order valence-electron chi connectivity index (χ4n) is 2.61. The number of nitrogens with one attached hydrogen (secondary N) is 1. The maximum absolute atomic E-state index is 13.8. The zero-order chi connectivity index (χ0) is 18.8. The summed E-state index contributed by atoms with van der Waals surface area (Å²) in [5, 5.41) is 14.3. The SMILES string of the molecule is O=[N+]([O-])c1ccc2nc(Nc3cc(Cc4ccccc4)nc(F)n3)sc2c1. The number of thiazole rings is 1. The molecule has 0 fully saturated rings. The van der Waals surface area contributed by atoms with Crippen LogP contribution in [0.2, 0.25) is 0 Å². The molecule has 4 rings (SSSR count). The van der Waals surface area contributed by atoms with Crippen LogP contribution in [0.4, 0.5) is 21.0 Å². The molecule has 0 spiro atoms. The highest BCUT2D eigenvalue weighted by atomic mass is 32.1. The van der Waals surface area contributed by atoms with Crippen LogP contribution in [-0.4, -0.2) is 19.9 Å². The Kier molecular flexibility index (Phi) is 4.43. The first kappa shape index (κ1) is 17.0. The van der Waals surface area contributed by atoms with E-state index in [1.807, 2.05) is 30.3 Å². The number of nitrogens with zero attached hydrogens (tertiary/aromatic N) is 4. The topological polar surface area (TPSA) is 93.8 Å². The number of hydrogen-bond donors (Lipinski definition) is 1. The summed E-state index contributed by atoms with van der Waals surface area (Å²) >= 11 is 1.23. The van der Waals surface area contributed by atoms with Gasteiger partial charge in [-0.15, -0.1) is 0 Å². The van der Waals surface area contributed by atoms with Crippen molar-refractivity contribution in [1.29, 1.82) is 0 Å². The lowest BCUT2D eigenvalue weighted by atomic mass is 10.1. The highest BCUT2D eigenvalue weighted by Crippen LogP contribution is 2.30. The summed E-state index contributed by atoms with van der Waals surface area (Å²) in [6.07, 6.45) is -0.358. The molecule has 2 aromatic heterocycles. The molecule has 9 heteroatoms. The normalized spacial score (nSPS) is 10.9. The fraction of sp³-hybridized carbons (Fsp3) is 0.0556. The third-order valence-corrected chi connectivity index (χ3v) is 4.73. The fourth-order valence-corrected chi connectivity index (χ4v) is 3.52. The Morgan fingerprint density at radius 3 is 2.67 bits per heavy atom. The van der Waals surface area contributed by atoms with Gasteiger partial charge in [0.05, 0.1) is 20.8 Å². The molecule has 2 heterocycles. The number of hydrogen-bond acceptors (Lipinski definition) is 7. The Hall–Kier alpha value is -3.46. The average molecular weight is 381 g/mol. The van der Waals surface area contributed by atoms with Crippen LogP contribution in [0.15, 0.2) is 54.6 Å². The summed E-state index contributed by atoms with van der Waals surface area (Å²) in [7, 11) is 0. The molecule has 0 saturated carbocycles. The molecule has 0 atom stereocenters. The van der Waals surface area contributed by atoms with Gasteiger partial charge in [-0.25, -0.2) is 9.97 Å². The number of anilines is 2. The molecule has 0 bridgehead atoms. The van der Waals surface area contributed by atoms with Crippen LogP contribution in [0.5, 0.6) is 0 Å². The molecule has 0 saturated heterocycles. The van der Waals surface area contributed by atoms with Gasteiger partial charge in [-0.1, -0.05) is 41.7 Å². The quantitative estimate of drug-likeness (QED) is 0.311. The van der Waals surface area contributed by atoms with E-state index in [-0.39, 0.29) is 11.5 Å². The lowest BCUT2D eigenvalue weighted by molar-refractivity contribution is -0.384. The second-order valence-corrected chi connectivity index (χ2v) is 6.76. The van der Waals surface area contributed by atoms with Gasteiger partial charge in [0.25, 0.3) is 5.69 Å². The van der Waals surface area contributed by atoms with Crippen LogP contribution in [-0.2, 0) is 6.42 Å². The molecule has 0 unspecified atom stereocenters. The summed E-state index contributed by atoms with van der Waals surface area (Å²) in [5.74, 6) is 0.280. The minimum Gasteiger partial charge on any atom is -0.316 e. The van der Waals surface area contributed by atoms with Crippen LogP contribution >= 0.6 is 11.3 Å². The van der Waals surface area contributed by atoms with Crippen LogP contribution < -0.4 is 5.32 Å². The number of non-ortho nitro benzene ring substituents is 1. The van der Waals surface area contributed by atoms with Crippen LogP contribution in [0, 0.1) is 16.2 Å². The molecule has 0 aliphatic heterocycles. The predicted octanol–water partition coefficient (Wildman–Crippen LogP) is 4.47. The zero-order valence-electron chi connectivity index (χ0n) is 13.8. The minimum absolute atomic E-state index is 0.00377. The van der Waals surface area contributed by atoms with Gasteiger partial charge >= 0.3 is 6.08 Å². The molecule has 4 aromatic rings. The molecule has 0 aliphatic carbocycles. The lowest BCUT2D eigenvalue weighted by Gasteiger charge is -2.05. The van der Waals surface area contributed by atoms with E-state index in [0.717, 1.165) is 5.56 Å². The Balaban J connectivity index is 1.60. The molecule has 1 N–H and O–H groups in total. The van der Waals surface area contributed by atoms with Gasteiger partial charge in [-0.05, 0) is 11.6 Å². The Morgan fingerprint density at radius 2 is 1.89 bits per heavy atom. The molecular weight excluding hydrogens is 369 g/mol. The summed E-state index contributed by atoms with van der Waals surface area (Å²) in [4.78, 5) is 22.4. The van der Waals surface area contributed by atoms with E-state index >= 15 is 0 Å². The van der Waals surface area contributed by atoms with Crippen molar-refractivity contribution in [2.75, 3.05) is 5.32 Å². The Morgan fingerprint density at radius 1 is 1.07 bits per heavy atom. The number of aromatic nitrogens is 3. The summed E-state index contributed by atoms with van der Waals surface area (Å²) in [5.41, 5.74) is 2.16. The van der Waals surface area contributed by atoms with Crippen molar-refractivity contribution in [1.82, 2.24) is 15.0 Å². The molecule has 2 aromatic carbocycles. The number of fused-ring (bicyclic) bond motifs is 1. The molecule has 134 valence electrons. The number of benzene rings is 2. The molecule has 27 heavy (non-hydrogen) atoms. The highest BCUT2D eigenvalue weighted by molar-refractivity contribution is 7.22. The van der Waals surface area contributed by atoms with Crippen molar-refractivity contribution in [2.45, 2.75) is 6.42 Å². The van der Waals surface area contributed by atoms with Gasteiger partial charge in [0.1, 0.15) is 5.82 Å². The predicted molar refractivity (Wildman–Crippen MR) is 101 cm³/mol. The van der Waals surface area contributed by atoms with Gasteiger partial charge < -0.3 is 5.32 Å². The summed E-state index contributed by atoms with van der Waals surface area (Å²) in [6, 6.07) is 15.7. The van der Waals surface area contributed by atoms with Crippen molar-refractivity contribution < 1.29 is 9.31 Å². The van der Waals surface area contributed by atoms with Crippen molar-refractivity contribution >= 4 is 38.2 Å².